The lowest BCUT2D eigenvalue weighted by Gasteiger charge is -2.34. The summed E-state index contributed by atoms with van der Waals surface area (Å²) in [7, 11) is -1.59. The van der Waals surface area contributed by atoms with Crippen LogP contribution in [0.2, 0.25) is 0 Å². The van der Waals surface area contributed by atoms with E-state index in [2.05, 4.69) is 26.7 Å². The first-order valence-corrected chi connectivity index (χ1v) is 13.5. The van der Waals surface area contributed by atoms with Crippen molar-refractivity contribution in [2.75, 3.05) is 44.8 Å². The normalized spacial score (nSPS) is 20.7. The lowest BCUT2D eigenvalue weighted by Crippen LogP contribution is -2.44. The number of hydrogen-bond donors (Lipinski definition) is 1. The predicted octanol–water partition coefficient (Wildman–Crippen LogP) is 2.47. The first kappa shape index (κ1) is 22.4. The molecule has 4 aromatic heterocycles. The molecule has 0 spiro atoms. The molecule has 2 saturated heterocycles. The Balaban J connectivity index is 1.56. The van der Waals surface area contributed by atoms with E-state index in [0.717, 1.165) is 40.9 Å². The predicted molar refractivity (Wildman–Crippen MR) is 135 cm³/mol. The third-order valence-corrected chi connectivity index (χ3v) is 9.35. The van der Waals surface area contributed by atoms with E-state index in [0.29, 0.717) is 44.1 Å². The largest absolute Gasteiger partial charge is 0.377 e. The van der Waals surface area contributed by atoms with Gasteiger partial charge in [-0.15, -0.1) is 0 Å². The SMILES string of the molecule is C[C@@H]1COCCN1c1nc(-c2ccnc3[nH]ccc23)nc2c1ccn2S(=O)(=O)C1CCN(C)CC1. The van der Waals surface area contributed by atoms with Crippen LogP contribution in [-0.2, 0) is 14.8 Å². The molecule has 184 valence electrons. The molecule has 0 aromatic carbocycles. The number of likely N-dealkylation sites (tertiary alicyclic amines) is 1. The second-order valence-corrected chi connectivity index (χ2v) is 11.6. The van der Waals surface area contributed by atoms with Crippen LogP contribution in [0.4, 0.5) is 5.82 Å². The van der Waals surface area contributed by atoms with Crippen LogP contribution >= 0.6 is 0 Å². The van der Waals surface area contributed by atoms with E-state index in [1.807, 2.05) is 31.4 Å². The van der Waals surface area contributed by atoms with E-state index >= 15 is 0 Å². The Labute approximate surface area is 204 Å². The van der Waals surface area contributed by atoms with E-state index in [1.165, 1.54) is 3.97 Å². The Morgan fingerprint density at radius 3 is 2.71 bits per heavy atom. The molecule has 2 fully saturated rings. The molecule has 6 rings (SSSR count). The quantitative estimate of drug-likeness (QED) is 0.460. The molecule has 0 unspecified atom stereocenters. The number of anilines is 1. The molecule has 11 heteroatoms. The standard InChI is InChI=1S/C24H29N7O3S/c1-16-15-34-14-13-30(16)23-20-7-12-31(35(32,33)17-5-10-29(2)11-6-17)24(20)28-22(27-23)19-4-9-26-21-18(19)3-8-25-21/h3-4,7-9,12,16-17H,5-6,10-11,13-15H2,1-2H3,(H,25,26)/t16-/m1/s1. The highest BCUT2D eigenvalue weighted by Gasteiger charge is 2.33. The fourth-order valence-electron chi connectivity index (χ4n) is 5.16. The van der Waals surface area contributed by atoms with Gasteiger partial charge in [0.15, 0.2) is 11.5 Å². The molecule has 35 heavy (non-hydrogen) atoms. The Hall–Kier alpha value is -3.02. The number of nitrogens with one attached hydrogen (secondary N) is 1. The van der Waals surface area contributed by atoms with Gasteiger partial charge in [0.1, 0.15) is 11.5 Å². The molecular weight excluding hydrogens is 466 g/mol. The highest BCUT2D eigenvalue weighted by atomic mass is 32.2. The van der Waals surface area contributed by atoms with Crippen LogP contribution in [-0.4, -0.2) is 88.4 Å². The number of aromatic amines is 1. The molecule has 0 amide bonds. The Bertz CT molecular complexity index is 1490. The molecule has 2 aliphatic rings. The molecular formula is C24H29N7O3S. The molecule has 2 aliphatic heterocycles. The van der Waals surface area contributed by atoms with Gasteiger partial charge in [0, 0.05) is 36.1 Å². The fraction of sp³-hybridized carbons (Fsp3) is 0.458. The van der Waals surface area contributed by atoms with Gasteiger partial charge in [-0.2, -0.15) is 0 Å². The van der Waals surface area contributed by atoms with Crippen LogP contribution in [0.15, 0.2) is 36.8 Å². The number of rotatable bonds is 4. The van der Waals surface area contributed by atoms with Gasteiger partial charge in [0.05, 0.1) is 29.9 Å². The van der Waals surface area contributed by atoms with Gasteiger partial charge < -0.3 is 19.5 Å². The molecule has 10 nitrogen and oxygen atoms in total. The van der Waals surface area contributed by atoms with Crippen LogP contribution in [0.3, 0.4) is 0 Å². The fourth-order valence-corrected chi connectivity index (χ4v) is 6.90. The number of nitrogens with zero attached hydrogens (tertiary/aromatic N) is 6. The van der Waals surface area contributed by atoms with E-state index in [-0.39, 0.29) is 6.04 Å². The smallest absolute Gasteiger partial charge is 0.243 e. The summed E-state index contributed by atoms with van der Waals surface area (Å²) in [6.45, 7) is 5.49. The summed E-state index contributed by atoms with van der Waals surface area (Å²) in [5, 5.41) is 1.19. The molecule has 1 atom stereocenters. The lowest BCUT2D eigenvalue weighted by molar-refractivity contribution is 0.0987. The van der Waals surface area contributed by atoms with Gasteiger partial charge in [-0.25, -0.2) is 27.3 Å². The molecule has 0 saturated carbocycles. The summed E-state index contributed by atoms with van der Waals surface area (Å²) in [6, 6.07) is 5.76. The van der Waals surface area contributed by atoms with Crippen LogP contribution in [0.1, 0.15) is 19.8 Å². The van der Waals surface area contributed by atoms with Gasteiger partial charge in [-0.05, 0) is 58.1 Å². The molecule has 0 radical (unpaired) electrons. The Morgan fingerprint density at radius 1 is 1.09 bits per heavy atom. The summed E-state index contributed by atoms with van der Waals surface area (Å²) >= 11 is 0. The zero-order chi connectivity index (χ0) is 24.2. The van der Waals surface area contributed by atoms with E-state index < -0.39 is 15.3 Å². The zero-order valence-electron chi connectivity index (χ0n) is 19.9. The number of fused-ring (bicyclic) bond motifs is 2. The monoisotopic (exact) mass is 495 g/mol. The minimum atomic E-state index is -3.62. The van der Waals surface area contributed by atoms with Crippen molar-refractivity contribution in [2.24, 2.45) is 0 Å². The molecule has 1 N–H and O–H groups in total. The maximum atomic E-state index is 13.8. The topological polar surface area (TPSA) is 109 Å². The van der Waals surface area contributed by atoms with Crippen molar-refractivity contribution in [3.05, 3.63) is 36.8 Å². The number of ether oxygens (including phenoxy) is 1. The van der Waals surface area contributed by atoms with Gasteiger partial charge in [0.2, 0.25) is 10.0 Å². The molecule has 4 aromatic rings. The van der Waals surface area contributed by atoms with Crippen LogP contribution < -0.4 is 4.90 Å². The summed E-state index contributed by atoms with van der Waals surface area (Å²) < 4.78 is 34.6. The van der Waals surface area contributed by atoms with Crippen molar-refractivity contribution in [3.63, 3.8) is 0 Å². The van der Waals surface area contributed by atoms with Gasteiger partial charge >= 0.3 is 0 Å². The number of H-pyrrole nitrogens is 1. The average Bonchev–Trinajstić information content (AvgIpc) is 3.51. The first-order valence-electron chi connectivity index (χ1n) is 12.0. The summed E-state index contributed by atoms with van der Waals surface area (Å²) in [6.07, 6.45) is 6.41. The van der Waals surface area contributed by atoms with Crippen LogP contribution in [0.5, 0.6) is 0 Å². The highest BCUT2D eigenvalue weighted by molar-refractivity contribution is 7.90. The summed E-state index contributed by atoms with van der Waals surface area (Å²) in [5.41, 5.74) is 1.97. The second kappa shape index (κ2) is 8.58. The van der Waals surface area contributed by atoms with Crippen molar-refractivity contribution >= 4 is 37.9 Å². The van der Waals surface area contributed by atoms with Crippen LogP contribution in [0.25, 0.3) is 33.5 Å². The van der Waals surface area contributed by atoms with Crippen molar-refractivity contribution in [1.29, 1.82) is 0 Å². The number of morpholine rings is 1. The van der Waals surface area contributed by atoms with Crippen LogP contribution in [0, 0.1) is 0 Å². The van der Waals surface area contributed by atoms with Crippen molar-refractivity contribution in [3.8, 4) is 11.4 Å². The zero-order valence-corrected chi connectivity index (χ0v) is 20.7. The Kier molecular flexibility index (Phi) is 5.50. The number of piperidine rings is 1. The summed E-state index contributed by atoms with van der Waals surface area (Å²) in [4.78, 5) is 21.7. The van der Waals surface area contributed by atoms with Crippen molar-refractivity contribution in [2.45, 2.75) is 31.1 Å². The molecule has 0 bridgehead atoms. The lowest BCUT2D eigenvalue weighted by atomic mass is 10.1. The third-order valence-electron chi connectivity index (χ3n) is 7.19. The number of aromatic nitrogens is 5. The minimum absolute atomic E-state index is 0.105. The van der Waals surface area contributed by atoms with E-state index in [4.69, 9.17) is 14.7 Å². The average molecular weight is 496 g/mol. The molecule has 0 aliphatic carbocycles. The van der Waals surface area contributed by atoms with Gasteiger partial charge in [-0.1, -0.05) is 0 Å². The number of hydrogen-bond acceptors (Lipinski definition) is 8. The maximum Gasteiger partial charge on any atom is 0.243 e. The highest BCUT2D eigenvalue weighted by Crippen LogP contribution is 2.34. The van der Waals surface area contributed by atoms with E-state index in [1.54, 1.807) is 12.4 Å². The third kappa shape index (κ3) is 3.78. The van der Waals surface area contributed by atoms with Gasteiger partial charge in [-0.3, -0.25) is 0 Å². The Morgan fingerprint density at radius 2 is 1.91 bits per heavy atom. The summed E-state index contributed by atoms with van der Waals surface area (Å²) in [5.74, 6) is 1.22. The first-order chi connectivity index (χ1) is 16.9. The minimum Gasteiger partial charge on any atom is -0.377 e. The van der Waals surface area contributed by atoms with Gasteiger partial charge in [0.25, 0.3) is 0 Å². The number of pyridine rings is 1. The van der Waals surface area contributed by atoms with Crippen molar-refractivity contribution < 1.29 is 13.2 Å². The maximum absolute atomic E-state index is 13.8. The van der Waals surface area contributed by atoms with E-state index in [9.17, 15) is 8.42 Å². The second-order valence-electron chi connectivity index (χ2n) is 9.48. The molecule has 6 heterocycles. The van der Waals surface area contributed by atoms with Crippen molar-refractivity contribution in [1.82, 2.24) is 28.8 Å².